The second-order valence-corrected chi connectivity index (χ2v) is 7.25. The smallest absolute Gasteiger partial charge is 0.410 e. The van der Waals surface area contributed by atoms with Crippen molar-refractivity contribution in [2.24, 2.45) is 0 Å². The Kier molecular flexibility index (Phi) is 5.29. The van der Waals surface area contributed by atoms with E-state index in [1.807, 2.05) is 25.7 Å². The van der Waals surface area contributed by atoms with Gasteiger partial charge >= 0.3 is 6.09 Å². The minimum Gasteiger partial charge on any atom is -0.444 e. The molecular formula is C16H20BrFN2O3. The van der Waals surface area contributed by atoms with E-state index in [4.69, 9.17) is 4.74 Å². The first-order valence-corrected chi connectivity index (χ1v) is 8.17. The fourth-order valence-corrected chi connectivity index (χ4v) is 2.71. The lowest BCUT2D eigenvalue weighted by Crippen LogP contribution is -2.50. The Morgan fingerprint density at radius 3 is 2.39 bits per heavy atom. The van der Waals surface area contributed by atoms with Crippen LogP contribution < -0.4 is 4.90 Å². The Hall–Kier alpha value is -1.63. The van der Waals surface area contributed by atoms with Crippen LogP contribution >= 0.6 is 15.9 Å². The van der Waals surface area contributed by atoms with Crippen LogP contribution in [0.3, 0.4) is 0 Å². The number of carbonyl (C=O) groups is 2. The van der Waals surface area contributed by atoms with Crippen molar-refractivity contribution < 1.29 is 18.7 Å². The van der Waals surface area contributed by atoms with Gasteiger partial charge in [0, 0.05) is 37.4 Å². The van der Waals surface area contributed by atoms with Gasteiger partial charge in [0.1, 0.15) is 11.4 Å². The number of amides is 1. The summed E-state index contributed by atoms with van der Waals surface area (Å²) in [5.41, 5.74) is 0.439. The van der Waals surface area contributed by atoms with Crippen LogP contribution in [0.2, 0.25) is 0 Å². The Labute approximate surface area is 143 Å². The number of carbonyl (C=O) groups excluding carboxylic acids is 2. The number of aldehydes is 1. The summed E-state index contributed by atoms with van der Waals surface area (Å²) in [6.07, 6.45) is 0.304. The largest absolute Gasteiger partial charge is 0.444 e. The maximum Gasteiger partial charge on any atom is 0.410 e. The van der Waals surface area contributed by atoms with E-state index in [-0.39, 0.29) is 6.09 Å². The lowest BCUT2D eigenvalue weighted by molar-refractivity contribution is 0.0240. The summed E-state index contributed by atoms with van der Waals surface area (Å²) in [6.45, 7) is 7.56. The Balaban J connectivity index is 2.06. The van der Waals surface area contributed by atoms with Crippen LogP contribution in [0, 0.1) is 5.82 Å². The highest BCUT2D eigenvalue weighted by Crippen LogP contribution is 2.28. The average Bonchev–Trinajstić information content (AvgIpc) is 2.48. The summed E-state index contributed by atoms with van der Waals surface area (Å²) >= 11 is 3.14. The summed E-state index contributed by atoms with van der Waals surface area (Å²) in [4.78, 5) is 26.8. The van der Waals surface area contributed by atoms with Crippen LogP contribution in [0.5, 0.6) is 0 Å². The van der Waals surface area contributed by atoms with Crippen molar-refractivity contribution in [3.05, 3.63) is 28.0 Å². The molecule has 126 valence electrons. The highest BCUT2D eigenvalue weighted by Gasteiger charge is 2.27. The molecule has 1 fully saturated rings. The zero-order valence-electron chi connectivity index (χ0n) is 13.4. The van der Waals surface area contributed by atoms with Gasteiger partial charge in [-0.05, 0) is 48.8 Å². The van der Waals surface area contributed by atoms with Crippen molar-refractivity contribution in [3.63, 3.8) is 0 Å². The van der Waals surface area contributed by atoms with Crippen LogP contribution in [0.1, 0.15) is 31.1 Å². The third-order valence-electron chi connectivity index (χ3n) is 3.47. The fourth-order valence-electron chi connectivity index (χ4n) is 2.38. The molecule has 0 bridgehead atoms. The van der Waals surface area contributed by atoms with Crippen LogP contribution in [0.4, 0.5) is 14.9 Å². The highest BCUT2D eigenvalue weighted by molar-refractivity contribution is 9.10. The van der Waals surface area contributed by atoms with Gasteiger partial charge in [-0.15, -0.1) is 0 Å². The van der Waals surface area contributed by atoms with E-state index in [1.54, 1.807) is 11.0 Å². The Morgan fingerprint density at radius 2 is 1.87 bits per heavy atom. The molecule has 0 spiro atoms. The molecule has 0 N–H and O–H groups in total. The molecule has 1 aromatic carbocycles. The molecule has 0 atom stereocenters. The van der Waals surface area contributed by atoms with E-state index >= 15 is 0 Å². The van der Waals surface area contributed by atoms with Gasteiger partial charge in [-0.25, -0.2) is 9.18 Å². The topological polar surface area (TPSA) is 49.9 Å². The molecule has 5 nitrogen and oxygen atoms in total. The maximum atomic E-state index is 13.5. The molecule has 0 aromatic heterocycles. The van der Waals surface area contributed by atoms with Gasteiger partial charge in [-0.2, -0.15) is 0 Å². The van der Waals surface area contributed by atoms with Crippen molar-refractivity contribution in [1.29, 1.82) is 0 Å². The summed E-state index contributed by atoms with van der Waals surface area (Å²) in [5.74, 6) is -0.469. The average molecular weight is 387 g/mol. The second kappa shape index (κ2) is 6.86. The number of ether oxygens (including phenoxy) is 1. The molecule has 1 amide bonds. The predicted octanol–water partition coefficient (Wildman–Crippen LogP) is 3.46. The number of benzene rings is 1. The molecule has 0 radical (unpaired) electrons. The number of rotatable bonds is 2. The molecular weight excluding hydrogens is 367 g/mol. The minimum absolute atomic E-state index is 0.302. The molecule has 2 rings (SSSR count). The molecule has 1 heterocycles. The molecule has 7 heteroatoms. The first-order valence-electron chi connectivity index (χ1n) is 7.38. The van der Waals surface area contributed by atoms with Crippen molar-refractivity contribution >= 4 is 34.0 Å². The van der Waals surface area contributed by atoms with Crippen LogP contribution in [-0.4, -0.2) is 49.1 Å². The highest BCUT2D eigenvalue weighted by atomic mass is 79.9. The van der Waals surface area contributed by atoms with Crippen molar-refractivity contribution in [2.45, 2.75) is 26.4 Å². The Bertz CT molecular complexity index is 608. The van der Waals surface area contributed by atoms with Gasteiger partial charge in [-0.3, -0.25) is 4.79 Å². The van der Waals surface area contributed by atoms with Crippen LogP contribution in [0.25, 0.3) is 0 Å². The molecule has 0 aliphatic carbocycles. The molecule has 23 heavy (non-hydrogen) atoms. The first kappa shape index (κ1) is 17.7. The summed E-state index contributed by atoms with van der Waals surface area (Å²) in [6, 6.07) is 2.81. The van der Waals surface area contributed by atoms with E-state index in [0.29, 0.717) is 48.2 Å². The van der Waals surface area contributed by atoms with Gasteiger partial charge in [0.2, 0.25) is 0 Å². The third-order valence-corrected chi connectivity index (χ3v) is 4.08. The second-order valence-electron chi connectivity index (χ2n) is 6.40. The van der Waals surface area contributed by atoms with Gasteiger partial charge in [0.25, 0.3) is 0 Å². The lowest BCUT2D eigenvalue weighted by Gasteiger charge is -2.37. The molecule has 0 saturated carbocycles. The van der Waals surface area contributed by atoms with E-state index in [9.17, 15) is 14.0 Å². The van der Waals surface area contributed by atoms with E-state index in [1.165, 1.54) is 6.07 Å². The molecule has 1 aliphatic heterocycles. The number of hydrogen-bond donors (Lipinski definition) is 0. The lowest BCUT2D eigenvalue weighted by atomic mass is 10.1. The zero-order valence-corrected chi connectivity index (χ0v) is 15.0. The van der Waals surface area contributed by atoms with E-state index in [0.717, 1.165) is 0 Å². The summed E-state index contributed by atoms with van der Waals surface area (Å²) < 4.78 is 19.2. The van der Waals surface area contributed by atoms with Crippen molar-refractivity contribution in [2.75, 3.05) is 31.1 Å². The van der Waals surface area contributed by atoms with Crippen LogP contribution in [-0.2, 0) is 4.74 Å². The summed E-state index contributed by atoms with van der Waals surface area (Å²) in [7, 11) is 0. The van der Waals surface area contributed by atoms with Gasteiger partial charge in [-0.1, -0.05) is 0 Å². The number of hydrogen-bond acceptors (Lipinski definition) is 4. The van der Waals surface area contributed by atoms with Crippen molar-refractivity contribution in [3.8, 4) is 0 Å². The molecule has 0 unspecified atom stereocenters. The molecule has 1 saturated heterocycles. The molecule has 1 aromatic rings. The third kappa shape index (κ3) is 4.43. The minimum atomic E-state index is -0.527. The maximum absolute atomic E-state index is 13.5. The standard InChI is InChI=1S/C16H20BrFN2O3/c1-16(2,3)23-15(22)20-6-4-19(5-7-20)14-9-12(17)13(18)8-11(14)10-21/h8-10H,4-7H2,1-3H3. The normalized spacial score (nSPS) is 15.5. The number of anilines is 1. The monoisotopic (exact) mass is 386 g/mol. The van der Waals surface area contributed by atoms with Crippen LogP contribution in [0.15, 0.2) is 16.6 Å². The van der Waals surface area contributed by atoms with Gasteiger partial charge in [0.15, 0.2) is 6.29 Å². The van der Waals surface area contributed by atoms with E-state index < -0.39 is 11.4 Å². The quantitative estimate of drug-likeness (QED) is 0.730. The molecule has 1 aliphatic rings. The Morgan fingerprint density at radius 1 is 1.26 bits per heavy atom. The van der Waals surface area contributed by atoms with Crippen molar-refractivity contribution in [1.82, 2.24) is 4.90 Å². The van der Waals surface area contributed by atoms with Gasteiger partial charge < -0.3 is 14.5 Å². The fraction of sp³-hybridized carbons (Fsp3) is 0.500. The van der Waals surface area contributed by atoms with E-state index in [2.05, 4.69) is 15.9 Å². The number of piperazine rings is 1. The zero-order chi connectivity index (χ0) is 17.2. The predicted molar refractivity (Wildman–Crippen MR) is 89.5 cm³/mol. The van der Waals surface area contributed by atoms with Gasteiger partial charge in [0.05, 0.1) is 4.47 Å². The summed E-state index contributed by atoms with van der Waals surface area (Å²) in [5, 5.41) is 0. The first-order chi connectivity index (χ1) is 10.7. The number of halogens is 2. The SMILES string of the molecule is CC(C)(C)OC(=O)N1CCN(c2cc(Br)c(F)cc2C=O)CC1. The number of nitrogens with zero attached hydrogens (tertiary/aromatic N) is 2.